The van der Waals surface area contributed by atoms with Gasteiger partial charge in [0.05, 0.1) is 23.5 Å². The van der Waals surface area contributed by atoms with Gasteiger partial charge in [-0.15, -0.1) is 0 Å². The van der Waals surface area contributed by atoms with Crippen molar-refractivity contribution >= 4 is 22.3 Å². The molecule has 0 saturated carbocycles. The van der Waals surface area contributed by atoms with E-state index in [2.05, 4.69) is 11.5 Å². The molecule has 0 radical (unpaired) electrons. The number of hydrogen-bond donors (Lipinski definition) is 2. The third-order valence-corrected chi connectivity index (χ3v) is 3.88. The molecule has 3 aromatic rings. The van der Waals surface area contributed by atoms with Crippen molar-refractivity contribution in [2.24, 2.45) is 0 Å². The highest BCUT2D eigenvalue weighted by molar-refractivity contribution is 6.01. The summed E-state index contributed by atoms with van der Waals surface area (Å²) in [5.41, 5.74) is 17.1. The molecule has 0 fully saturated rings. The van der Waals surface area contributed by atoms with Crippen LogP contribution in [0.1, 0.15) is 13.8 Å². The fourth-order valence-electron chi connectivity index (χ4n) is 2.91. The minimum atomic E-state index is 0.663. The summed E-state index contributed by atoms with van der Waals surface area (Å²) in [5, 5.41) is 1.04. The highest BCUT2D eigenvalue weighted by atomic mass is 16.5. The molecular weight excluding hydrogens is 274 g/mol. The number of nitrogens with two attached hydrogens (primary N) is 2. The van der Waals surface area contributed by atoms with Gasteiger partial charge in [-0.1, -0.05) is 0 Å². The number of nitrogens with zero attached hydrogens (tertiary/aromatic N) is 1. The molecular formula is C18H21N3O. The molecule has 0 bridgehead atoms. The number of anilines is 2. The first-order valence-corrected chi connectivity index (χ1v) is 7.56. The van der Waals surface area contributed by atoms with E-state index in [1.807, 2.05) is 49.4 Å². The van der Waals surface area contributed by atoms with Crippen LogP contribution in [0.15, 0.2) is 42.5 Å². The molecule has 22 heavy (non-hydrogen) atoms. The third-order valence-electron chi connectivity index (χ3n) is 3.88. The van der Waals surface area contributed by atoms with Crippen molar-refractivity contribution in [1.82, 2.24) is 4.57 Å². The third kappa shape index (κ3) is 2.26. The quantitative estimate of drug-likeness (QED) is 0.718. The van der Waals surface area contributed by atoms with Crippen LogP contribution in [0.5, 0.6) is 5.75 Å². The first kappa shape index (κ1) is 14.3. The maximum Gasteiger partial charge on any atom is 0.119 e. The maximum atomic E-state index is 6.40. The Morgan fingerprint density at radius 1 is 1.00 bits per heavy atom. The molecule has 2 aromatic carbocycles. The van der Waals surface area contributed by atoms with Crippen LogP contribution in [0.3, 0.4) is 0 Å². The van der Waals surface area contributed by atoms with Gasteiger partial charge in [-0.2, -0.15) is 0 Å². The van der Waals surface area contributed by atoms with Crippen LogP contribution in [0.2, 0.25) is 0 Å². The van der Waals surface area contributed by atoms with Gasteiger partial charge in [-0.3, -0.25) is 0 Å². The molecule has 0 saturated heterocycles. The highest BCUT2D eigenvalue weighted by Crippen LogP contribution is 2.37. The van der Waals surface area contributed by atoms with Gasteiger partial charge in [-0.05, 0) is 56.3 Å². The molecule has 0 aliphatic carbocycles. The van der Waals surface area contributed by atoms with Gasteiger partial charge in [0.25, 0.3) is 0 Å². The van der Waals surface area contributed by atoms with Crippen molar-refractivity contribution in [3.05, 3.63) is 42.5 Å². The van der Waals surface area contributed by atoms with Crippen molar-refractivity contribution in [3.8, 4) is 17.0 Å². The zero-order valence-corrected chi connectivity index (χ0v) is 13.0. The van der Waals surface area contributed by atoms with Crippen molar-refractivity contribution in [2.75, 3.05) is 18.1 Å². The van der Waals surface area contributed by atoms with E-state index in [1.54, 1.807) is 0 Å². The van der Waals surface area contributed by atoms with E-state index in [0.29, 0.717) is 6.61 Å². The summed E-state index contributed by atoms with van der Waals surface area (Å²) in [6.07, 6.45) is 0. The molecule has 3 rings (SSSR count). The summed E-state index contributed by atoms with van der Waals surface area (Å²) in [6, 6.07) is 13.9. The molecule has 0 atom stereocenters. The Balaban J connectivity index is 2.19. The van der Waals surface area contributed by atoms with Gasteiger partial charge in [0, 0.05) is 23.2 Å². The predicted molar refractivity (Wildman–Crippen MR) is 93.0 cm³/mol. The highest BCUT2D eigenvalue weighted by Gasteiger charge is 2.15. The van der Waals surface area contributed by atoms with Gasteiger partial charge in [0.2, 0.25) is 0 Å². The Labute approximate surface area is 130 Å². The van der Waals surface area contributed by atoms with Gasteiger partial charge in [0.15, 0.2) is 0 Å². The SMILES string of the molecule is CCOc1ccc(-c2c(N)c3ccc(N)cc3n2CC)cc1. The van der Waals surface area contributed by atoms with E-state index < -0.39 is 0 Å². The molecule has 114 valence electrons. The summed E-state index contributed by atoms with van der Waals surface area (Å²) >= 11 is 0. The fraction of sp³-hybridized carbons (Fsp3) is 0.222. The zero-order chi connectivity index (χ0) is 15.7. The van der Waals surface area contributed by atoms with Crippen LogP contribution in [-0.4, -0.2) is 11.2 Å². The Morgan fingerprint density at radius 2 is 1.73 bits per heavy atom. The lowest BCUT2D eigenvalue weighted by molar-refractivity contribution is 0.340. The van der Waals surface area contributed by atoms with E-state index >= 15 is 0 Å². The molecule has 1 aromatic heterocycles. The molecule has 4 nitrogen and oxygen atoms in total. The average molecular weight is 295 g/mol. The van der Waals surface area contributed by atoms with Crippen LogP contribution < -0.4 is 16.2 Å². The van der Waals surface area contributed by atoms with Gasteiger partial charge < -0.3 is 20.8 Å². The molecule has 0 unspecified atom stereocenters. The van der Waals surface area contributed by atoms with E-state index in [-0.39, 0.29) is 0 Å². The maximum absolute atomic E-state index is 6.40. The molecule has 4 N–H and O–H groups in total. The Bertz CT molecular complexity index is 803. The fourth-order valence-corrected chi connectivity index (χ4v) is 2.91. The zero-order valence-electron chi connectivity index (χ0n) is 13.0. The van der Waals surface area contributed by atoms with Gasteiger partial charge >= 0.3 is 0 Å². The number of fused-ring (bicyclic) bond motifs is 1. The van der Waals surface area contributed by atoms with Crippen molar-refractivity contribution in [2.45, 2.75) is 20.4 Å². The smallest absolute Gasteiger partial charge is 0.119 e. The minimum absolute atomic E-state index is 0.663. The Hall–Kier alpha value is -2.62. The number of benzene rings is 2. The van der Waals surface area contributed by atoms with Crippen molar-refractivity contribution in [1.29, 1.82) is 0 Å². The monoisotopic (exact) mass is 295 g/mol. The predicted octanol–water partition coefficient (Wildman–Crippen LogP) is 3.89. The number of nitrogen functional groups attached to an aromatic ring is 2. The molecule has 0 aliphatic heterocycles. The summed E-state index contributed by atoms with van der Waals surface area (Å²) < 4.78 is 7.71. The second kappa shape index (κ2) is 5.64. The van der Waals surface area contributed by atoms with E-state index in [9.17, 15) is 0 Å². The second-order valence-corrected chi connectivity index (χ2v) is 5.24. The summed E-state index contributed by atoms with van der Waals surface area (Å²) in [6.45, 7) is 5.58. The number of hydrogen-bond acceptors (Lipinski definition) is 3. The topological polar surface area (TPSA) is 66.2 Å². The Morgan fingerprint density at radius 3 is 2.36 bits per heavy atom. The number of aromatic nitrogens is 1. The number of rotatable bonds is 4. The van der Waals surface area contributed by atoms with E-state index in [4.69, 9.17) is 16.2 Å². The van der Waals surface area contributed by atoms with Crippen molar-refractivity contribution < 1.29 is 4.74 Å². The van der Waals surface area contributed by atoms with Crippen LogP contribution >= 0.6 is 0 Å². The van der Waals surface area contributed by atoms with Crippen LogP contribution in [0.4, 0.5) is 11.4 Å². The molecule has 1 heterocycles. The first-order chi connectivity index (χ1) is 10.7. The number of ether oxygens (including phenoxy) is 1. The van der Waals surface area contributed by atoms with E-state index in [0.717, 1.165) is 45.8 Å². The second-order valence-electron chi connectivity index (χ2n) is 5.24. The number of aryl methyl sites for hydroxylation is 1. The van der Waals surface area contributed by atoms with Crippen LogP contribution in [-0.2, 0) is 6.54 Å². The van der Waals surface area contributed by atoms with Crippen molar-refractivity contribution in [3.63, 3.8) is 0 Å². The summed E-state index contributed by atoms with van der Waals surface area (Å²) in [4.78, 5) is 0. The lowest BCUT2D eigenvalue weighted by Crippen LogP contribution is -1.99. The molecule has 0 amide bonds. The summed E-state index contributed by atoms with van der Waals surface area (Å²) in [7, 11) is 0. The lowest BCUT2D eigenvalue weighted by atomic mass is 10.1. The average Bonchev–Trinajstić information content (AvgIpc) is 2.80. The minimum Gasteiger partial charge on any atom is -0.494 e. The van der Waals surface area contributed by atoms with E-state index in [1.165, 1.54) is 0 Å². The Kier molecular flexibility index (Phi) is 3.67. The van der Waals surface area contributed by atoms with Gasteiger partial charge in [0.1, 0.15) is 5.75 Å². The summed E-state index contributed by atoms with van der Waals surface area (Å²) in [5.74, 6) is 0.869. The normalized spacial score (nSPS) is 11.0. The molecule has 4 heteroatoms. The lowest BCUT2D eigenvalue weighted by Gasteiger charge is -2.10. The largest absolute Gasteiger partial charge is 0.494 e. The molecule has 0 aliphatic rings. The van der Waals surface area contributed by atoms with Crippen LogP contribution in [0, 0.1) is 0 Å². The molecule has 0 spiro atoms. The standard InChI is InChI=1S/C18H21N3O/c1-3-21-16-11-13(19)7-10-15(16)17(20)18(21)12-5-8-14(9-6-12)22-4-2/h5-11H,3-4,19-20H2,1-2H3. The first-order valence-electron chi connectivity index (χ1n) is 7.56. The van der Waals surface area contributed by atoms with Crippen LogP contribution in [0.25, 0.3) is 22.2 Å². The van der Waals surface area contributed by atoms with Gasteiger partial charge in [-0.25, -0.2) is 0 Å².